The van der Waals surface area contributed by atoms with Crippen molar-refractivity contribution in [2.24, 2.45) is 0 Å². The van der Waals surface area contributed by atoms with Gasteiger partial charge in [-0.25, -0.2) is 4.79 Å². The van der Waals surface area contributed by atoms with Gasteiger partial charge in [-0.2, -0.15) is 0 Å². The summed E-state index contributed by atoms with van der Waals surface area (Å²) in [4.78, 5) is 13.4. The van der Waals surface area contributed by atoms with Crippen LogP contribution >= 0.6 is 11.8 Å². The summed E-state index contributed by atoms with van der Waals surface area (Å²) < 4.78 is 0. The molecule has 0 spiro atoms. The van der Waals surface area contributed by atoms with Gasteiger partial charge in [0.05, 0.1) is 6.04 Å². The van der Waals surface area contributed by atoms with Gasteiger partial charge < -0.3 is 10.6 Å². The second kappa shape index (κ2) is 7.55. The molecule has 1 atom stereocenters. The number of benzene rings is 2. The van der Waals surface area contributed by atoms with Crippen molar-refractivity contribution in [3.05, 3.63) is 65.2 Å². The number of carbonyl (C=O) groups excluding carboxylic acids is 1. The fourth-order valence-corrected chi connectivity index (χ4v) is 3.45. The lowest BCUT2D eigenvalue weighted by molar-refractivity contribution is 0.235. The number of urea groups is 1. The van der Waals surface area contributed by atoms with Crippen LogP contribution in [0, 0.1) is 0 Å². The molecule has 2 aromatic rings. The molecule has 1 aliphatic carbocycles. The summed E-state index contributed by atoms with van der Waals surface area (Å²) in [6.07, 6.45) is 5.30. The molecule has 1 unspecified atom stereocenters. The van der Waals surface area contributed by atoms with Crippen LogP contribution in [0.25, 0.3) is 0 Å². The minimum absolute atomic E-state index is 0.0966. The van der Waals surface area contributed by atoms with Crippen molar-refractivity contribution in [1.82, 2.24) is 10.6 Å². The molecule has 23 heavy (non-hydrogen) atoms. The molecule has 0 aromatic heterocycles. The zero-order valence-corrected chi connectivity index (χ0v) is 14.2. The second-order valence-electron chi connectivity index (χ2n) is 5.82. The van der Waals surface area contributed by atoms with Crippen molar-refractivity contribution in [3.8, 4) is 0 Å². The first kappa shape index (κ1) is 15.9. The molecular weight excluding hydrogens is 304 g/mol. The number of aryl methyl sites for hydroxylation is 1. The van der Waals surface area contributed by atoms with Gasteiger partial charge in [0.25, 0.3) is 0 Å². The topological polar surface area (TPSA) is 41.1 Å². The average Bonchev–Trinajstić information content (AvgIpc) is 2.61. The van der Waals surface area contributed by atoms with E-state index in [4.69, 9.17) is 0 Å². The van der Waals surface area contributed by atoms with E-state index in [2.05, 4.69) is 59.4 Å². The molecule has 0 radical (unpaired) electrons. The summed E-state index contributed by atoms with van der Waals surface area (Å²) in [5.41, 5.74) is 3.73. The van der Waals surface area contributed by atoms with Crippen LogP contribution in [-0.2, 0) is 13.0 Å². The van der Waals surface area contributed by atoms with Crippen LogP contribution in [0.15, 0.2) is 53.4 Å². The number of rotatable bonds is 4. The summed E-state index contributed by atoms with van der Waals surface area (Å²) in [5.74, 6) is 0. The highest BCUT2D eigenvalue weighted by molar-refractivity contribution is 7.98. The van der Waals surface area contributed by atoms with Gasteiger partial charge in [-0.15, -0.1) is 11.8 Å². The number of nitrogens with one attached hydrogen (secondary N) is 2. The third-order valence-corrected chi connectivity index (χ3v) is 5.03. The monoisotopic (exact) mass is 326 g/mol. The third-order valence-electron chi connectivity index (χ3n) is 4.29. The summed E-state index contributed by atoms with van der Waals surface area (Å²) in [5, 5.41) is 6.07. The zero-order valence-electron chi connectivity index (χ0n) is 13.3. The van der Waals surface area contributed by atoms with E-state index in [1.165, 1.54) is 16.0 Å². The fourth-order valence-electron chi connectivity index (χ4n) is 3.04. The summed E-state index contributed by atoms with van der Waals surface area (Å²) >= 11 is 1.72. The smallest absolute Gasteiger partial charge is 0.315 e. The van der Waals surface area contributed by atoms with Crippen LogP contribution in [0.5, 0.6) is 0 Å². The number of carbonyl (C=O) groups is 1. The Labute approximate surface area is 141 Å². The number of hydrogen-bond donors (Lipinski definition) is 2. The maximum absolute atomic E-state index is 12.2. The Kier molecular flexibility index (Phi) is 5.23. The first-order valence-corrected chi connectivity index (χ1v) is 9.24. The SMILES string of the molecule is CSc1ccc(CNC(=O)NC2CCCc3ccccc32)cc1. The molecule has 1 aliphatic rings. The average molecular weight is 326 g/mol. The quantitative estimate of drug-likeness (QED) is 0.823. The van der Waals surface area contributed by atoms with Crippen LogP contribution in [0.3, 0.4) is 0 Å². The number of hydrogen-bond acceptors (Lipinski definition) is 2. The standard InChI is InChI=1S/C19H22N2OS/c1-23-16-11-9-14(10-12-16)13-20-19(22)21-18-8-4-6-15-5-2-3-7-17(15)18/h2-3,5,7,9-12,18H,4,6,8,13H2,1H3,(H2,20,21,22). The predicted octanol–water partition coefficient (Wildman–Crippen LogP) is 4.29. The lowest BCUT2D eigenvalue weighted by Crippen LogP contribution is -2.38. The van der Waals surface area contributed by atoms with Crippen LogP contribution in [0.1, 0.15) is 35.6 Å². The lowest BCUT2D eigenvalue weighted by atomic mass is 9.88. The molecule has 2 N–H and O–H groups in total. The fraction of sp³-hybridized carbons (Fsp3) is 0.316. The predicted molar refractivity (Wildman–Crippen MR) is 95.7 cm³/mol. The molecule has 0 aliphatic heterocycles. The normalized spacial score (nSPS) is 16.5. The maximum atomic E-state index is 12.2. The first-order valence-electron chi connectivity index (χ1n) is 8.01. The highest BCUT2D eigenvalue weighted by atomic mass is 32.2. The molecule has 120 valence electrons. The highest BCUT2D eigenvalue weighted by Crippen LogP contribution is 2.29. The Morgan fingerprint density at radius 3 is 2.74 bits per heavy atom. The Morgan fingerprint density at radius 1 is 1.17 bits per heavy atom. The van der Waals surface area contributed by atoms with Crippen molar-refractivity contribution in [1.29, 1.82) is 0 Å². The molecule has 2 aromatic carbocycles. The van der Waals surface area contributed by atoms with Gasteiger partial charge in [0.1, 0.15) is 0 Å². The molecule has 0 heterocycles. The van der Waals surface area contributed by atoms with E-state index < -0.39 is 0 Å². The molecule has 4 heteroatoms. The summed E-state index contributed by atoms with van der Waals surface area (Å²) in [6.45, 7) is 0.550. The van der Waals surface area contributed by atoms with Crippen LogP contribution in [0.2, 0.25) is 0 Å². The van der Waals surface area contributed by atoms with E-state index in [0.29, 0.717) is 6.54 Å². The molecule has 0 bridgehead atoms. The zero-order chi connectivity index (χ0) is 16.1. The number of fused-ring (bicyclic) bond motifs is 1. The number of amides is 2. The van der Waals surface area contributed by atoms with Crippen LogP contribution in [0.4, 0.5) is 4.79 Å². The van der Waals surface area contributed by atoms with Gasteiger partial charge in [-0.05, 0) is 54.3 Å². The van der Waals surface area contributed by atoms with Crippen molar-refractivity contribution < 1.29 is 4.79 Å². The van der Waals surface area contributed by atoms with Crippen molar-refractivity contribution in [3.63, 3.8) is 0 Å². The maximum Gasteiger partial charge on any atom is 0.315 e. The van der Waals surface area contributed by atoms with Gasteiger partial charge >= 0.3 is 6.03 Å². The molecular formula is C19H22N2OS. The van der Waals surface area contributed by atoms with Crippen LogP contribution < -0.4 is 10.6 Å². The summed E-state index contributed by atoms with van der Waals surface area (Å²) in [7, 11) is 0. The van der Waals surface area contributed by atoms with Gasteiger partial charge in [-0.3, -0.25) is 0 Å². The van der Waals surface area contributed by atoms with E-state index in [1.54, 1.807) is 11.8 Å². The molecule has 0 fully saturated rings. The summed E-state index contributed by atoms with van der Waals surface area (Å²) in [6, 6.07) is 16.7. The van der Waals surface area contributed by atoms with E-state index >= 15 is 0 Å². The van der Waals surface area contributed by atoms with Gasteiger partial charge in [0, 0.05) is 11.4 Å². The molecule has 3 nitrogen and oxygen atoms in total. The van der Waals surface area contributed by atoms with E-state index in [0.717, 1.165) is 24.8 Å². The van der Waals surface area contributed by atoms with Crippen molar-refractivity contribution in [2.45, 2.75) is 36.7 Å². The van der Waals surface area contributed by atoms with Gasteiger partial charge in [-0.1, -0.05) is 36.4 Å². The Hall–Kier alpha value is -1.94. The lowest BCUT2D eigenvalue weighted by Gasteiger charge is -2.26. The molecule has 2 amide bonds. The number of thioether (sulfide) groups is 1. The first-order chi connectivity index (χ1) is 11.3. The van der Waals surface area contributed by atoms with Crippen LogP contribution in [-0.4, -0.2) is 12.3 Å². The van der Waals surface area contributed by atoms with E-state index in [1.807, 2.05) is 6.07 Å². The van der Waals surface area contributed by atoms with Crippen molar-refractivity contribution >= 4 is 17.8 Å². The molecule has 0 saturated heterocycles. The van der Waals surface area contributed by atoms with Gasteiger partial charge in [0.2, 0.25) is 0 Å². The Morgan fingerprint density at radius 2 is 1.96 bits per heavy atom. The largest absolute Gasteiger partial charge is 0.334 e. The highest BCUT2D eigenvalue weighted by Gasteiger charge is 2.21. The minimum Gasteiger partial charge on any atom is -0.334 e. The van der Waals surface area contributed by atoms with E-state index in [9.17, 15) is 4.79 Å². The van der Waals surface area contributed by atoms with Crippen molar-refractivity contribution in [2.75, 3.05) is 6.26 Å². The van der Waals surface area contributed by atoms with E-state index in [-0.39, 0.29) is 12.1 Å². The molecule has 3 rings (SSSR count). The molecule has 0 saturated carbocycles. The second-order valence-corrected chi connectivity index (χ2v) is 6.70. The Bertz CT molecular complexity index is 669. The third kappa shape index (κ3) is 4.08. The minimum atomic E-state index is -0.0966. The van der Waals surface area contributed by atoms with Gasteiger partial charge in [0.15, 0.2) is 0 Å². The Balaban J connectivity index is 1.55.